The van der Waals surface area contributed by atoms with Crippen LogP contribution in [0.2, 0.25) is 0 Å². The van der Waals surface area contributed by atoms with Gasteiger partial charge in [-0.1, -0.05) is 6.07 Å². The number of carbonyl (C=O) groups is 2. The summed E-state index contributed by atoms with van der Waals surface area (Å²) < 4.78 is 16.5. The maximum Gasteiger partial charge on any atom is 0.308 e. The van der Waals surface area contributed by atoms with E-state index in [1.807, 2.05) is 39.0 Å². The molecular formula is C18H23NO5S. The second-order valence-corrected chi connectivity index (χ2v) is 8.06. The Bertz CT molecular complexity index is 670. The number of hydrogen-bond donors (Lipinski definition) is 0. The van der Waals surface area contributed by atoms with Crippen molar-refractivity contribution in [1.82, 2.24) is 4.90 Å². The summed E-state index contributed by atoms with van der Waals surface area (Å²) in [6.45, 7) is 6.92. The zero-order valence-electron chi connectivity index (χ0n) is 14.7. The third kappa shape index (κ3) is 4.39. The number of ether oxygens (including phenoxy) is 3. The van der Waals surface area contributed by atoms with Gasteiger partial charge in [0, 0.05) is 6.54 Å². The molecule has 0 radical (unpaired) electrons. The minimum atomic E-state index is -0.518. The van der Waals surface area contributed by atoms with Gasteiger partial charge < -0.3 is 19.1 Å². The Hall–Kier alpha value is -1.89. The van der Waals surface area contributed by atoms with Crippen molar-refractivity contribution in [2.24, 2.45) is 0 Å². The summed E-state index contributed by atoms with van der Waals surface area (Å²) in [5, 5.41) is -0.120. The fourth-order valence-corrected chi connectivity index (χ4v) is 4.00. The van der Waals surface area contributed by atoms with Crippen molar-refractivity contribution in [2.75, 3.05) is 25.5 Å². The van der Waals surface area contributed by atoms with Crippen molar-refractivity contribution in [3.05, 3.63) is 23.8 Å². The maximum atomic E-state index is 12.2. The van der Waals surface area contributed by atoms with Gasteiger partial charge in [0.25, 0.3) is 0 Å². The van der Waals surface area contributed by atoms with E-state index in [1.165, 1.54) is 0 Å². The van der Waals surface area contributed by atoms with Gasteiger partial charge in [-0.15, -0.1) is 11.8 Å². The lowest BCUT2D eigenvalue weighted by atomic mass is 10.1. The number of esters is 1. The summed E-state index contributed by atoms with van der Waals surface area (Å²) in [4.78, 5) is 25.9. The molecule has 1 amide bonds. The highest BCUT2D eigenvalue weighted by molar-refractivity contribution is 8.00. The van der Waals surface area contributed by atoms with E-state index < -0.39 is 5.60 Å². The zero-order valence-corrected chi connectivity index (χ0v) is 15.6. The lowest BCUT2D eigenvalue weighted by Gasteiger charge is -2.26. The number of carbonyl (C=O) groups excluding carboxylic acids is 2. The summed E-state index contributed by atoms with van der Waals surface area (Å²) in [6, 6.07) is 5.74. The van der Waals surface area contributed by atoms with Crippen molar-refractivity contribution in [1.29, 1.82) is 0 Å². The number of amides is 1. The van der Waals surface area contributed by atoms with Crippen LogP contribution in [0.25, 0.3) is 0 Å². The maximum absolute atomic E-state index is 12.2. The number of fused-ring (bicyclic) bond motifs is 1. The summed E-state index contributed by atoms with van der Waals surface area (Å²) in [7, 11) is 0. The van der Waals surface area contributed by atoms with Crippen LogP contribution >= 0.6 is 11.8 Å². The first-order valence-corrected chi connectivity index (χ1v) is 9.41. The monoisotopic (exact) mass is 365 g/mol. The van der Waals surface area contributed by atoms with E-state index >= 15 is 0 Å². The molecule has 1 unspecified atom stereocenters. The van der Waals surface area contributed by atoms with Gasteiger partial charge in [0.15, 0.2) is 11.5 Å². The normalized spacial score (nSPS) is 19.9. The first-order chi connectivity index (χ1) is 11.8. The van der Waals surface area contributed by atoms with E-state index in [0.717, 1.165) is 11.3 Å². The van der Waals surface area contributed by atoms with E-state index in [1.54, 1.807) is 16.7 Å². The third-order valence-corrected chi connectivity index (χ3v) is 5.05. The van der Waals surface area contributed by atoms with Crippen LogP contribution < -0.4 is 9.47 Å². The molecule has 6 nitrogen and oxygen atoms in total. The molecule has 1 aromatic carbocycles. The lowest BCUT2D eigenvalue weighted by molar-refractivity contribution is -0.155. The fraction of sp³-hybridized carbons (Fsp3) is 0.556. The van der Waals surface area contributed by atoms with Crippen LogP contribution in [-0.2, 0) is 14.3 Å². The molecule has 0 N–H and O–H groups in total. The average molecular weight is 365 g/mol. The van der Waals surface area contributed by atoms with Gasteiger partial charge in [0.2, 0.25) is 5.91 Å². The van der Waals surface area contributed by atoms with Crippen LogP contribution in [0.5, 0.6) is 11.5 Å². The Balaban J connectivity index is 1.68. The fourth-order valence-electron chi connectivity index (χ4n) is 2.79. The largest absolute Gasteiger partial charge is 0.486 e. The Kier molecular flexibility index (Phi) is 5.13. The van der Waals surface area contributed by atoms with Gasteiger partial charge in [-0.25, -0.2) is 0 Å². The minimum Gasteiger partial charge on any atom is -0.486 e. The molecule has 0 spiro atoms. The van der Waals surface area contributed by atoms with Crippen molar-refractivity contribution in [3.63, 3.8) is 0 Å². The van der Waals surface area contributed by atoms with Crippen molar-refractivity contribution >= 4 is 23.6 Å². The van der Waals surface area contributed by atoms with Gasteiger partial charge in [-0.3, -0.25) is 9.59 Å². The molecule has 7 heteroatoms. The van der Waals surface area contributed by atoms with E-state index in [-0.39, 0.29) is 23.7 Å². The first-order valence-electron chi connectivity index (χ1n) is 8.36. The third-order valence-electron chi connectivity index (χ3n) is 3.80. The van der Waals surface area contributed by atoms with E-state index in [2.05, 4.69) is 0 Å². The highest BCUT2D eigenvalue weighted by Crippen LogP contribution is 2.42. The standard InChI is InChI=1S/C18H23NO5S/c1-18(2,3)24-16(21)6-7-19-15(20)11-25-17(19)12-4-5-13-14(10-12)23-9-8-22-13/h4-5,10,17H,6-9,11H2,1-3H3. The lowest BCUT2D eigenvalue weighted by Crippen LogP contribution is -2.32. The molecule has 0 bridgehead atoms. The van der Waals surface area contributed by atoms with Crippen molar-refractivity contribution < 1.29 is 23.8 Å². The molecule has 25 heavy (non-hydrogen) atoms. The van der Waals surface area contributed by atoms with E-state index in [4.69, 9.17) is 14.2 Å². The molecule has 136 valence electrons. The summed E-state index contributed by atoms with van der Waals surface area (Å²) in [6.07, 6.45) is 0.185. The Labute approximate surface area is 151 Å². The predicted octanol–water partition coefficient (Wildman–Crippen LogP) is 2.76. The second kappa shape index (κ2) is 7.15. The molecule has 2 heterocycles. The van der Waals surface area contributed by atoms with Crippen LogP contribution in [-0.4, -0.2) is 47.9 Å². The average Bonchev–Trinajstić information content (AvgIpc) is 2.91. The van der Waals surface area contributed by atoms with Crippen molar-refractivity contribution in [2.45, 2.75) is 38.2 Å². The van der Waals surface area contributed by atoms with Crippen LogP contribution in [0.3, 0.4) is 0 Å². The zero-order chi connectivity index (χ0) is 18.0. The summed E-state index contributed by atoms with van der Waals surface area (Å²) >= 11 is 1.56. The summed E-state index contributed by atoms with van der Waals surface area (Å²) in [5.74, 6) is 1.58. The van der Waals surface area contributed by atoms with Crippen LogP contribution in [0.1, 0.15) is 38.1 Å². The van der Waals surface area contributed by atoms with Gasteiger partial charge >= 0.3 is 5.97 Å². The number of benzene rings is 1. The Morgan fingerprint density at radius 1 is 1.28 bits per heavy atom. The molecule has 3 rings (SSSR count). The molecule has 1 aromatic rings. The number of rotatable bonds is 4. The molecule has 0 aromatic heterocycles. The smallest absolute Gasteiger partial charge is 0.308 e. The van der Waals surface area contributed by atoms with Crippen LogP contribution in [0.4, 0.5) is 0 Å². The highest BCUT2D eigenvalue weighted by atomic mass is 32.2. The van der Waals surface area contributed by atoms with E-state index in [0.29, 0.717) is 31.3 Å². The number of nitrogens with zero attached hydrogens (tertiary/aromatic N) is 1. The number of thioether (sulfide) groups is 1. The molecule has 2 aliphatic rings. The minimum absolute atomic E-state index is 0.0356. The molecule has 1 saturated heterocycles. The molecule has 0 aliphatic carbocycles. The second-order valence-electron chi connectivity index (χ2n) is 6.99. The van der Waals surface area contributed by atoms with Crippen LogP contribution in [0, 0.1) is 0 Å². The van der Waals surface area contributed by atoms with Gasteiger partial charge in [0.1, 0.15) is 24.2 Å². The highest BCUT2D eigenvalue weighted by Gasteiger charge is 2.34. The summed E-state index contributed by atoms with van der Waals surface area (Å²) in [5.41, 5.74) is 0.458. The van der Waals surface area contributed by atoms with Crippen LogP contribution in [0.15, 0.2) is 18.2 Å². The van der Waals surface area contributed by atoms with Crippen molar-refractivity contribution in [3.8, 4) is 11.5 Å². The SMILES string of the molecule is CC(C)(C)OC(=O)CCN1C(=O)CSC1c1ccc2c(c1)OCCO2. The van der Waals surface area contributed by atoms with E-state index in [9.17, 15) is 9.59 Å². The number of hydrogen-bond acceptors (Lipinski definition) is 6. The first kappa shape index (κ1) is 17.9. The predicted molar refractivity (Wildman–Crippen MR) is 94.8 cm³/mol. The molecule has 0 saturated carbocycles. The quantitative estimate of drug-likeness (QED) is 0.765. The molecular weight excluding hydrogens is 342 g/mol. The molecule has 2 aliphatic heterocycles. The Morgan fingerprint density at radius 2 is 2.00 bits per heavy atom. The van der Waals surface area contributed by atoms with Gasteiger partial charge in [-0.2, -0.15) is 0 Å². The Morgan fingerprint density at radius 3 is 2.72 bits per heavy atom. The molecule has 1 atom stereocenters. The topological polar surface area (TPSA) is 65.1 Å². The molecule has 1 fully saturated rings. The van der Waals surface area contributed by atoms with Gasteiger partial charge in [0.05, 0.1) is 12.2 Å². The van der Waals surface area contributed by atoms with Gasteiger partial charge in [-0.05, 0) is 38.5 Å².